The molecular formula is C16H19N5O2S. The number of aryl methyl sites for hydroxylation is 2. The highest BCUT2D eigenvalue weighted by molar-refractivity contribution is 7.98. The van der Waals surface area contributed by atoms with E-state index in [1.807, 2.05) is 30.5 Å². The van der Waals surface area contributed by atoms with E-state index in [2.05, 4.69) is 20.2 Å². The first-order chi connectivity index (χ1) is 11.7. The summed E-state index contributed by atoms with van der Waals surface area (Å²) in [4.78, 5) is 8.45. The lowest BCUT2D eigenvalue weighted by atomic mass is 10.2. The molecule has 0 spiro atoms. The normalized spacial score (nSPS) is 11.1. The number of hydrogen-bond donors (Lipinski definition) is 0. The lowest BCUT2D eigenvalue weighted by Gasteiger charge is -2.09. The number of methoxy groups -OCH3 is 1. The summed E-state index contributed by atoms with van der Waals surface area (Å²) >= 11 is 1.55. The molecule has 0 aliphatic carbocycles. The van der Waals surface area contributed by atoms with Gasteiger partial charge in [0, 0.05) is 25.1 Å². The number of rotatable bonds is 7. The average molecular weight is 345 g/mol. The summed E-state index contributed by atoms with van der Waals surface area (Å²) in [6, 6.07) is 3.84. The van der Waals surface area contributed by atoms with E-state index < -0.39 is 0 Å². The summed E-state index contributed by atoms with van der Waals surface area (Å²) in [6.07, 6.45) is 3.49. The number of pyridine rings is 1. The highest BCUT2D eigenvalue weighted by atomic mass is 32.2. The number of ether oxygens (including phenoxy) is 1. The number of thioether (sulfide) groups is 1. The van der Waals surface area contributed by atoms with Gasteiger partial charge in [0.15, 0.2) is 11.0 Å². The van der Waals surface area contributed by atoms with Crippen LogP contribution < -0.4 is 0 Å². The van der Waals surface area contributed by atoms with E-state index in [0.29, 0.717) is 24.8 Å². The van der Waals surface area contributed by atoms with Gasteiger partial charge in [0.1, 0.15) is 5.76 Å². The first-order valence-corrected chi connectivity index (χ1v) is 8.56. The molecule has 126 valence electrons. The van der Waals surface area contributed by atoms with Crippen LogP contribution in [0.25, 0.3) is 11.4 Å². The van der Waals surface area contributed by atoms with Crippen molar-refractivity contribution in [3.63, 3.8) is 0 Å². The molecule has 0 radical (unpaired) electrons. The minimum atomic E-state index is 0.584. The molecule has 0 unspecified atom stereocenters. The molecule has 0 amide bonds. The highest BCUT2D eigenvalue weighted by Gasteiger charge is 2.15. The summed E-state index contributed by atoms with van der Waals surface area (Å²) in [5.41, 5.74) is 1.90. The Balaban J connectivity index is 1.83. The van der Waals surface area contributed by atoms with E-state index in [0.717, 1.165) is 28.0 Å². The molecule has 0 aliphatic heterocycles. The van der Waals surface area contributed by atoms with Crippen molar-refractivity contribution in [3.8, 4) is 11.4 Å². The smallest absolute Gasteiger partial charge is 0.205 e. The molecule has 3 heterocycles. The third-order valence-corrected chi connectivity index (χ3v) is 4.52. The maximum absolute atomic E-state index is 5.63. The monoisotopic (exact) mass is 345 g/mol. The van der Waals surface area contributed by atoms with Gasteiger partial charge in [-0.05, 0) is 26.0 Å². The number of aromatic nitrogens is 5. The predicted molar refractivity (Wildman–Crippen MR) is 90.7 cm³/mol. The van der Waals surface area contributed by atoms with Crippen molar-refractivity contribution in [2.24, 2.45) is 0 Å². The standard InChI is InChI=1S/C16H19N5O2S/c1-11-12(2)23-14(18-11)10-24-16-20-19-15(21(16)8-9-22-3)13-4-6-17-7-5-13/h4-7H,8-10H2,1-3H3. The Hall–Kier alpha value is -2.19. The van der Waals surface area contributed by atoms with Crippen molar-refractivity contribution in [1.29, 1.82) is 0 Å². The third kappa shape index (κ3) is 3.65. The zero-order valence-electron chi connectivity index (χ0n) is 13.9. The van der Waals surface area contributed by atoms with Gasteiger partial charge in [-0.15, -0.1) is 10.2 Å². The van der Waals surface area contributed by atoms with Gasteiger partial charge in [0.05, 0.1) is 24.6 Å². The van der Waals surface area contributed by atoms with Crippen molar-refractivity contribution in [2.45, 2.75) is 31.3 Å². The van der Waals surface area contributed by atoms with Gasteiger partial charge in [0.2, 0.25) is 5.89 Å². The summed E-state index contributed by atoms with van der Waals surface area (Å²) in [7, 11) is 1.68. The van der Waals surface area contributed by atoms with Gasteiger partial charge >= 0.3 is 0 Å². The quantitative estimate of drug-likeness (QED) is 0.609. The van der Waals surface area contributed by atoms with Gasteiger partial charge in [0.25, 0.3) is 0 Å². The Labute approximate surface area is 144 Å². The Morgan fingerprint density at radius 1 is 1.21 bits per heavy atom. The topological polar surface area (TPSA) is 78.9 Å². The molecule has 8 heteroatoms. The van der Waals surface area contributed by atoms with E-state index in [1.54, 1.807) is 31.3 Å². The van der Waals surface area contributed by atoms with Crippen LogP contribution in [0.1, 0.15) is 17.3 Å². The van der Waals surface area contributed by atoms with Crippen LogP contribution in [0.2, 0.25) is 0 Å². The second kappa shape index (κ2) is 7.59. The molecule has 3 aromatic heterocycles. The Morgan fingerprint density at radius 3 is 2.67 bits per heavy atom. The first kappa shape index (κ1) is 16.7. The highest BCUT2D eigenvalue weighted by Crippen LogP contribution is 2.26. The summed E-state index contributed by atoms with van der Waals surface area (Å²) < 4.78 is 12.9. The van der Waals surface area contributed by atoms with E-state index in [9.17, 15) is 0 Å². The Morgan fingerprint density at radius 2 is 2.00 bits per heavy atom. The minimum absolute atomic E-state index is 0.584. The molecule has 0 atom stereocenters. The fourth-order valence-electron chi connectivity index (χ4n) is 2.22. The van der Waals surface area contributed by atoms with Gasteiger partial charge in [-0.25, -0.2) is 4.98 Å². The van der Waals surface area contributed by atoms with E-state index in [4.69, 9.17) is 9.15 Å². The minimum Gasteiger partial charge on any atom is -0.445 e. The molecular weight excluding hydrogens is 326 g/mol. The van der Waals surface area contributed by atoms with E-state index in [-0.39, 0.29) is 0 Å². The van der Waals surface area contributed by atoms with Crippen LogP contribution in [-0.4, -0.2) is 38.4 Å². The molecule has 3 rings (SSSR count). The number of nitrogens with zero attached hydrogens (tertiary/aromatic N) is 5. The van der Waals surface area contributed by atoms with E-state index >= 15 is 0 Å². The van der Waals surface area contributed by atoms with Crippen LogP contribution in [0.3, 0.4) is 0 Å². The van der Waals surface area contributed by atoms with Crippen LogP contribution in [-0.2, 0) is 17.0 Å². The van der Waals surface area contributed by atoms with Crippen molar-refractivity contribution < 1.29 is 9.15 Å². The molecule has 24 heavy (non-hydrogen) atoms. The largest absolute Gasteiger partial charge is 0.445 e. The lowest BCUT2D eigenvalue weighted by Crippen LogP contribution is -2.07. The van der Waals surface area contributed by atoms with Crippen LogP contribution in [0.5, 0.6) is 0 Å². The second-order valence-electron chi connectivity index (χ2n) is 5.22. The van der Waals surface area contributed by atoms with E-state index in [1.165, 1.54) is 0 Å². The lowest BCUT2D eigenvalue weighted by molar-refractivity contribution is 0.185. The Kier molecular flexibility index (Phi) is 5.27. The fraction of sp³-hybridized carbons (Fsp3) is 0.375. The van der Waals surface area contributed by atoms with Gasteiger partial charge in [-0.2, -0.15) is 0 Å². The molecule has 0 saturated heterocycles. The maximum Gasteiger partial charge on any atom is 0.205 e. The molecule has 7 nitrogen and oxygen atoms in total. The first-order valence-electron chi connectivity index (χ1n) is 7.57. The SMILES string of the molecule is COCCn1c(SCc2nc(C)c(C)o2)nnc1-c1ccncc1. The molecule has 0 fully saturated rings. The van der Waals surface area contributed by atoms with Crippen molar-refractivity contribution in [3.05, 3.63) is 41.9 Å². The van der Waals surface area contributed by atoms with Crippen LogP contribution in [0.15, 0.2) is 34.1 Å². The molecule has 0 saturated carbocycles. The maximum atomic E-state index is 5.63. The molecule has 3 aromatic rings. The van der Waals surface area contributed by atoms with Crippen LogP contribution >= 0.6 is 11.8 Å². The van der Waals surface area contributed by atoms with Crippen LogP contribution in [0, 0.1) is 13.8 Å². The average Bonchev–Trinajstić information content (AvgIpc) is 3.15. The fourth-order valence-corrected chi connectivity index (χ4v) is 3.03. The van der Waals surface area contributed by atoms with Gasteiger partial charge < -0.3 is 9.15 Å². The number of oxazole rings is 1. The van der Waals surface area contributed by atoms with Crippen molar-refractivity contribution in [1.82, 2.24) is 24.7 Å². The second-order valence-corrected chi connectivity index (χ2v) is 6.17. The van der Waals surface area contributed by atoms with Gasteiger partial charge in [-0.1, -0.05) is 11.8 Å². The zero-order valence-corrected chi connectivity index (χ0v) is 14.7. The summed E-state index contributed by atoms with van der Waals surface area (Å²) in [5.74, 6) is 2.96. The number of hydrogen-bond acceptors (Lipinski definition) is 7. The van der Waals surface area contributed by atoms with Gasteiger partial charge in [-0.3, -0.25) is 9.55 Å². The zero-order chi connectivity index (χ0) is 16.9. The summed E-state index contributed by atoms with van der Waals surface area (Å²) in [6.45, 7) is 5.11. The summed E-state index contributed by atoms with van der Waals surface area (Å²) in [5, 5.41) is 9.46. The predicted octanol–water partition coefficient (Wildman–Crippen LogP) is 2.88. The van der Waals surface area contributed by atoms with Crippen molar-refractivity contribution >= 4 is 11.8 Å². The molecule has 0 N–H and O–H groups in total. The Bertz CT molecular complexity index is 781. The third-order valence-electron chi connectivity index (χ3n) is 3.57. The van der Waals surface area contributed by atoms with Crippen LogP contribution in [0.4, 0.5) is 0 Å². The van der Waals surface area contributed by atoms with Crippen molar-refractivity contribution in [2.75, 3.05) is 13.7 Å². The molecule has 0 aromatic carbocycles. The molecule has 0 aliphatic rings. The molecule has 0 bridgehead atoms.